The number of aliphatic hydroxyl groups excluding tert-OH is 1. The topological polar surface area (TPSA) is 48.8 Å². The van der Waals surface area contributed by atoms with Crippen molar-refractivity contribution < 1.29 is 9.84 Å². The van der Waals surface area contributed by atoms with Gasteiger partial charge in [-0.25, -0.2) is 4.98 Å². The van der Waals surface area contributed by atoms with Crippen molar-refractivity contribution in [3.8, 4) is 5.75 Å². The zero-order valence-electron chi connectivity index (χ0n) is 15.4. The molecule has 4 aliphatic rings. The van der Waals surface area contributed by atoms with Crippen molar-refractivity contribution in [1.82, 2.24) is 14.8 Å². The number of hydrogen-bond acceptors (Lipinski definition) is 5. The molecule has 4 fully saturated rings. The van der Waals surface area contributed by atoms with Crippen molar-refractivity contribution in [2.24, 2.45) is 10.8 Å². The van der Waals surface area contributed by atoms with E-state index in [0.29, 0.717) is 5.15 Å². The summed E-state index contributed by atoms with van der Waals surface area (Å²) in [6.45, 7) is 7.97. The van der Waals surface area contributed by atoms with Gasteiger partial charge in [-0.3, -0.25) is 9.80 Å². The van der Waals surface area contributed by atoms with Gasteiger partial charge in [0.15, 0.2) is 0 Å². The minimum atomic E-state index is -0.249. The Balaban J connectivity index is 1.58. The standard InChI is InChI=1S/C20H24ClN3O2/c1-19-8-23-10-20(2,18(19)25)11-24(9-19)17(23)14-6-12-4-5-13(26-3)7-15(12)22-16(14)21/h4-7,17-18,25H,8-11H2,1-3H3. The number of nitrogens with zero attached hydrogens (tertiary/aromatic N) is 3. The van der Waals surface area contributed by atoms with Crippen molar-refractivity contribution in [2.45, 2.75) is 26.1 Å². The van der Waals surface area contributed by atoms with Gasteiger partial charge in [0.05, 0.1) is 24.9 Å². The number of aliphatic hydroxyl groups is 1. The number of pyridine rings is 1. The van der Waals surface area contributed by atoms with Gasteiger partial charge in [-0.2, -0.15) is 0 Å². The van der Waals surface area contributed by atoms with E-state index < -0.39 is 0 Å². The summed E-state index contributed by atoms with van der Waals surface area (Å²) in [6.07, 6.45) is -0.115. The van der Waals surface area contributed by atoms with Gasteiger partial charge in [0.25, 0.3) is 0 Å². The van der Waals surface area contributed by atoms with Gasteiger partial charge < -0.3 is 9.84 Å². The lowest BCUT2D eigenvalue weighted by Gasteiger charge is -2.68. The maximum atomic E-state index is 10.8. The molecule has 4 saturated heterocycles. The Hall–Kier alpha value is -1.40. The highest BCUT2D eigenvalue weighted by Gasteiger charge is 2.62. The molecule has 0 radical (unpaired) electrons. The summed E-state index contributed by atoms with van der Waals surface area (Å²) in [7, 11) is 1.65. The number of rotatable bonds is 2. The average molecular weight is 374 g/mol. The number of hydrogen-bond donors (Lipinski definition) is 1. The molecule has 1 aromatic heterocycles. The molecule has 0 unspecified atom stereocenters. The van der Waals surface area contributed by atoms with Gasteiger partial charge >= 0.3 is 0 Å². The van der Waals surface area contributed by atoms with E-state index in [9.17, 15) is 5.11 Å². The molecule has 5 heterocycles. The second-order valence-corrected chi connectivity index (χ2v) is 9.18. The van der Waals surface area contributed by atoms with E-state index in [0.717, 1.165) is 48.4 Å². The smallest absolute Gasteiger partial charge is 0.135 e. The van der Waals surface area contributed by atoms with E-state index in [1.807, 2.05) is 18.2 Å². The first-order valence-corrected chi connectivity index (χ1v) is 9.51. The maximum Gasteiger partial charge on any atom is 0.135 e. The number of ether oxygens (including phenoxy) is 1. The Kier molecular flexibility index (Phi) is 3.43. The lowest BCUT2D eigenvalue weighted by molar-refractivity contribution is -0.253. The van der Waals surface area contributed by atoms with Crippen LogP contribution in [0.5, 0.6) is 5.75 Å². The number of piperidine rings is 2. The van der Waals surface area contributed by atoms with E-state index in [4.69, 9.17) is 16.3 Å². The molecule has 6 heteroatoms. The largest absolute Gasteiger partial charge is 0.497 e. The molecule has 0 amide bonds. The van der Waals surface area contributed by atoms with Gasteiger partial charge in [-0.05, 0) is 18.2 Å². The summed E-state index contributed by atoms with van der Waals surface area (Å²) < 4.78 is 5.30. The molecule has 4 bridgehead atoms. The average Bonchev–Trinajstić information content (AvgIpc) is 2.58. The van der Waals surface area contributed by atoms with E-state index in [1.54, 1.807) is 7.11 Å². The predicted octanol–water partition coefficient (Wildman–Crippen LogP) is 2.91. The van der Waals surface area contributed by atoms with Crippen LogP contribution in [0.1, 0.15) is 25.6 Å². The zero-order valence-corrected chi connectivity index (χ0v) is 16.1. The van der Waals surface area contributed by atoms with Crippen LogP contribution >= 0.6 is 11.6 Å². The third kappa shape index (κ3) is 2.18. The van der Waals surface area contributed by atoms with Crippen LogP contribution in [0, 0.1) is 10.8 Å². The summed E-state index contributed by atoms with van der Waals surface area (Å²) in [4.78, 5) is 9.59. The van der Waals surface area contributed by atoms with Crippen LogP contribution in [0.15, 0.2) is 24.3 Å². The molecule has 0 saturated carbocycles. The van der Waals surface area contributed by atoms with Gasteiger partial charge in [0.2, 0.25) is 0 Å². The normalized spacial score (nSPS) is 41.0. The Morgan fingerprint density at radius 2 is 1.73 bits per heavy atom. The van der Waals surface area contributed by atoms with Gasteiger partial charge in [0.1, 0.15) is 10.9 Å². The Bertz CT molecular complexity index is 864. The molecule has 6 rings (SSSR count). The maximum absolute atomic E-state index is 10.8. The minimum absolute atomic E-state index is 0.0775. The molecule has 5 nitrogen and oxygen atoms in total. The summed E-state index contributed by atoms with van der Waals surface area (Å²) in [5.41, 5.74) is 1.75. The van der Waals surface area contributed by atoms with Crippen molar-refractivity contribution in [2.75, 3.05) is 33.3 Å². The van der Waals surface area contributed by atoms with Crippen LogP contribution in [0.2, 0.25) is 5.15 Å². The predicted molar refractivity (Wildman–Crippen MR) is 101 cm³/mol. The monoisotopic (exact) mass is 373 g/mol. The van der Waals surface area contributed by atoms with Crippen LogP contribution in [0.3, 0.4) is 0 Å². The number of methoxy groups -OCH3 is 1. The van der Waals surface area contributed by atoms with Gasteiger partial charge in [0, 0.05) is 54.0 Å². The summed E-state index contributed by atoms with van der Waals surface area (Å²) in [6, 6.07) is 8.07. The number of benzene rings is 1. The van der Waals surface area contributed by atoms with Crippen molar-refractivity contribution in [1.29, 1.82) is 0 Å². The third-order valence-electron chi connectivity index (χ3n) is 6.55. The van der Waals surface area contributed by atoms with Gasteiger partial charge in [-0.1, -0.05) is 25.4 Å². The van der Waals surface area contributed by atoms with E-state index in [-0.39, 0.29) is 23.1 Å². The molecular weight excluding hydrogens is 350 g/mol. The lowest BCUT2D eigenvalue weighted by atomic mass is 9.60. The van der Waals surface area contributed by atoms with Crippen LogP contribution < -0.4 is 4.74 Å². The van der Waals surface area contributed by atoms with E-state index in [2.05, 4.69) is 34.7 Å². The second kappa shape index (κ2) is 5.32. The molecule has 26 heavy (non-hydrogen) atoms. The SMILES string of the molecule is COc1ccc2cc(C3N4CC5(C)CN3CC(C)(C4)C5O)c(Cl)nc2c1. The minimum Gasteiger partial charge on any atom is -0.497 e. The number of halogens is 1. The summed E-state index contributed by atoms with van der Waals surface area (Å²) in [5, 5.41) is 12.5. The molecule has 0 atom stereocenters. The molecule has 4 aliphatic heterocycles. The molecular formula is C20H24ClN3O2. The molecule has 138 valence electrons. The quantitative estimate of drug-likeness (QED) is 0.820. The van der Waals surface area contributed by atoms with E-state index in [1.165, 1.54) is 0 Å². The Morgan fingerprint density at radius 3 is 2.31 bits per heavy atom. The Morgan fingerprint density at radius 1 is 1.12 bits per heavy atom. The van der Waals surface area contributed by atoms with Crippen LogP contribution in [-0.2, 0) is 0 Å². The Labute approximate surface area is 158 Å². The number of aromatic nitrogens is 1. The fourth-order valence-electron chi connectivity index (χ4n) is 5.67. The van der Waals surface area contributed by atoms with Crippen LogP contribution in [0.4, 0.5) is 0 Å². The lowest BCUT2D eigenvalue weighted by Crippen LogP contribution is -2.76. The fourth-order valence-corrected chi connectivity index (χ4v) is 5.92. The first kappa shape index (κ1) is 16.8. The van der Waals surface area contributed by atoms with Gasteiger partial charge in [-0.15, -0.1) is 0 Å². The molecule has 1 aromatic carbocycles. The molecule has 0 spiro atoms. The fraction of sp³-hybridized carbons (Fsp3) is 0.550. The second-order valence-electron chi connectivity index (χ2n) is 8.82. The summed E-state index contributed by atoms with van der Waals surface area (Å²) >= 11 is 6.63. The third-order valence-corrected chi connectivity index (χ3v) is 6.86. The molecule has 1 N–H and O–H groups in total. The highest BCUT2D eigenvalue weighted by molar-refractivity contribution is 6.30. The zero-order chi connectivity index (χ0) is 18.3. The van der Waals surface area contributed by atoms with Crippen LogP contribution in [0.25, 0.3) is 10.9 Å². The highest BCUT2D eigenvalue weighted by atomic mass is 35.5. The van der Waals surface area contributed by atoms with Crippen molar-refractivity contribution >= 4 is 22.5 Å². The first-order chi connectivity index (χ1) is 12.3. The number of fused-ring (bicyclic) bond motifs is 1. The van der Waals surface area contributed by atoms with Crippen molar-refractivity contribution in [3.05, 3.63) is 35.0 Å². The molecule has 2 aromatic rings. The van der Waals surface area contributed by atoms with Crippen LogP contribution in [-0.4, -0.2) is 59.3 Å². The first-order valence-electron chi connectivity index (χ1n) is 9.13. The summed E-state index contributed by atoms with van der Waals surface area (Å²) in [5.74, 6) is 0.783. The van der Waals surface area contributed by atoms with Crippen molar-refractivity contribution in [3.63, 3.8) is 0 Å². The molecule has 0 aliphatic carbocycles. The van der Waals surface area contributed by atoms with E-state index >= 15 is 0 Å². The highest BCUT2D eigenvalue weighted by Crippen LogP contribution is 2.54.